The van der Waals surface area contributed by atoms with Gasteiger partial charge >= 0.3 is 5.97 Å². The first kappa shape index (κ1) is 32.8. The van der Waals surface area contributed by atoms with Gasteiger partial charge in [-0.05, 0) is 61.9 Å². The zero-order chi connectivity index (χ0) is 31.4. The van der Waals surface area contributed by atoms with Gasteiger partial charge in [-0.3, -0.25) is 14.4 Å². The molecule has 1 N–H and O–H groups in total. The standard InChI is InChI=1S/C34H38BrClN2O5S/c1-3-5-6-10-18-43-33(42)27-28-31(40)38(25(21-39)19-22-11-8-7-9-12-22)30(34(28)20-26(35)29(27)44-34)32(41)37(17-4-2)24-15-13-23(36)14-16-24/h3-4,7-9,11-16,25-30,39H,1-2,5-6,10,17-21H2/t25-,26?,27-,28+,29-,30?,34?/m1/s1. The average Bonchev–Trinajstić information content (AvgIpc) is 3.62. The molecule has 2 amide bonds. The predicted octanol–water partition coefficient (Wildman–Crippen LogP) is 5.83. The van der Waals surface area contributed by atoms with Crippen molar-refractivity contribution in [2.45, 2.75) is 59.0 Å². The molecule has 3 aliphatic rings. The number of unbranched alkanes of at least 4 members (excludes halogenated alkanes) is 2. The summed E-state index contributed by atoms with van der Waals surface area (Å²) in [7, 11) is 0. The third-order valence-electron chi connectivity index (χ3n) is 8.91. The number of aliphatic hydroxyl groups is 1. The number of nitrogens with zero attached hydrogens (tertiary/aromatic N) is 2. The number of carbonyl (C=O) groups excluding carboxylic acids is 3. The Morgan fingerprint density at radius 3 is 2.55 bits per heavy atom. The minimum absolute atomic E-state index is 0.0878. The van der Waals surface area contributed by atoms with Crippen LogP contribution in [-0.4, -0.2) is 74.5 Å². The molecule has 3 heterocycles. The first-order chi connectivity index (χ1) is 21.3. The van der Waals surface area contributed by atoms with Gasteiger partial charge in [0.1, 0.15) is 6.04 Å². The van der Waals surface area contributed by atoms with Crippen molar-refractivity contribution in [3.05, 3.63) is 90.5 Å². The lowest BCUT2D eigenvalue weighted by Gasteiger charge is -2.40. The molecular formula is C34H38BrClN2O5S. The van der Waals surface area contributed by atoms with Crippen LogP contribution >= 0.6 is 39.3 Å². The fourth-order valence-corrected chi connectivity index (χ4v) is 10.7. The van der Waals surface area contributed by atoms with Gasteiger partial charge in [0.25, 0.3) is 5.91 Å². The van der Waals surface area contributed by atoms with Crippen LogP contribution in [0.2, 0.25) is 5.02 Å². The van der Waals surface area contributed by atoms with Crippen molar-refractivity contribution in [3.63, 3.8) is 0 Å². The quantitative estimate of drug-likeness (QED) is 0.116. The minimum Gasteiger partial charge on any atom is -0.465 e. The largest absolute Gasteiger partial charge is 0.465 e. The Morgan fingerprint density at radius 2 is 1.89 bits per heavy atom. The van der Waals surface area contributed by atoms with Gasteiger partial charge in [0.15, 0.2) is 0 Å². The summed E-state index contributed by atoms with van der Waals surface area (Å²) < 4.78 is 4.88. The summed E-state index contributed by atoms with van der Waals surface area (Å²) in [5, 5.41) is 11.1. The van der Waals surface area contributed by atoms with Crippen LogP contribution in [0.3, 0.4) is 0 Å². The number of esters is 1. The highest BCUT2D eigenvalue weighted by atomic mass is 79.9. The first-order valence-electron chi connectivity index (χ1n) is 15.0. The zero-order valence-corrected chi connectivity index (χ0v) is 27.7. The van der Waals surface area contributed by atoms with Gasteiger partial charge in [-0.2, -0.15) is 0 Å². The number of carbonyl (C=O) groups is 3. The van der Waals surface area contributed by atoms with E-state index in [-0.39, 0.29) is 41.6 Å². The lowest BCUT2D eigenvalue weighted by molar-refractivity contribution is -0.154. The second-order valence-electron chi connectivity index (χ2n) is 11.6. The van der Waals surface area contributed by atoms with Gasteiger partial charge in [0.05, 0.1) is 35.8 Å². The topological polar surface area (TPSA) is 87.2 Å². The normalized spacial score (nSPS) is 27.6. The Labute approximate surface area is 276 Å². The molecule has 44 heavy (non-hydrogen) atoms. The van der Waals surface area contributed by atoms with E-state index in [9.17, 15) is 19.5 Å². The number of anilines is 1. The molecule has 2 aromatic carbocycles. The van der Waals surface area contributed by atoms with Crippen molar-refractivity contribution >= 4 is 62.8 Å². The fourth-order valence-electron chi connectivity index (χ4n) is 7.03. The van der Waals surface area contributed by atoms with Gasteiger partial charge in [-0.1, -0.05) is 70.0 Å². The minimum atomic E-state index is -0.920. The van der Waals surface area contributed by atoms with E-state index < -0.39 is 34.6 Å². The van der Waals surface area contributed by atoms with Crippen LogP contribution in [0.5, 0.6) is 0 Å². The summed E-state index contributed by atoms with van der Waals surface area (Å²) in [5.74, 6) is -2.41. The number of thioether (sulfide) groups is 1. The number of halogens is 2. The number of alkyl halides is 1. The van der Waals surface area contributed by atoms with Crippen molar-refractivity contribution in [1.82, 2.24) is 4.90 Å². The molecule has 3 saturated heterocycles. The molecule has 10 heteroatoms. The molecule has 2 bridgehead atoms. The molecule has 0 saturated carbocycles. The highest BCUT2D eigenvalue weighted by Crippen LogP contribution is 2.68. The van der Waals surface area contributed by atoms with E-state index in [0.29, 0.717) is 30.0 Å². The Kier molecular flexibility index (Phi) is 10.6. The van der Waals surface area contributed by atoms with Gasteiger partial charge in [-0.25, -0.2) is 0 Å². The molecule has 0 aromatic heterocycles. The van der Waals surface area contributed by atoms with E-state index in [4.69, 9.17) is 16.3 Å². The number of hydrogen-bond acceptors (Lipinski definition) is 6. The maximum Gasteiger partial charge on any atom is 0.310 e. The number of fused-ring (bicyclic) bond motifs is 1. The summed E-state index contributed by atoms with van der Waals surface area (Å²) >= 11 is 11.5. The lowest BCUT2D eigenvalue weighted by atomic mass is 9.71. The molecule has 1 spiro atoms. The summed E-state index contributed by atoms with van der Waals surface area (Å²) in [5.41, 5.74) is 1.56. The predicted molar refractivity (Wildman–Crippen MR) is 179 cm³/mol. The third kappa shape index (κ3) is 6.13. The van der Waals surface area contributed by atoms with E-state index in [1.54, 1.807) is 51.9 Å². The number of amides is 2. The van der Waals surface area contributed by atoms with Crippen LogP contribution in [0.1, 0.15) is 31.2 Å². The molecule has 3 fully saturated rings. The molecule has 7 atom stereocenters. The maximum absolute atomic E-state index is 14.8. The van der Waals surface area contributed by atoms with Gasteiger partial charge in [0.2, 0.25) is 5.91 Å². The maximum atomic E-state index is 14.8. The Bertz CT molecular complexity index is 1380. The van der Waals surface area contributed by atoms with Crippen molar-refractivity contribution in [3.8, 4) is 0 Å². The Morgan fingerprint density at radius 1 is 1.16 bits per heavy atom. The molecular weight excluding hydrogens is 664 g/mol. The first-order valence-corrected chi connectivity index (χ1v) is 17.2. The summed E-state index contributed by atoms with van der Waals surface area (Å²) in [6, 6.07) is 15.0. The second-order valence-corrected chi connectivity index (χ2v) is 14.8. The number of likely N-dealkylation sites (tertiary alicyclic amines) is 1. The number of ether oxygens (including phenoxy) is 1. The van der Waals surface area contributed by atoms with Crippen LogP contribution in [-0.2, 0) is 25.5 Å². The molecule has 0 aliphatic carbocycles. The van der Waals surface area contributed by atoms with Crippen LogP contribution < -0.4 is 4.90 Å². The summed E-state index contributed by atoms with van der Waals surface area (Å²) in [4.78, 5) is 46.3. The van der Waals surface area contributed by atoms with Crippen LogP contribution in [0.15, 0.2) is 79.9 Å². The number of benzene rings is 2. The van der Waals surface area contributed by atoms with Crippen LogP contribution in [0.25, 0.3) is 0 Å². The summed E-state index contributed by atoms with van der Waals surface area (Å²) in [6.45, 7) is 7.77. The van der Waals surface area contributed by atoms with Gasteiger partial charge in [-0.15, -0.1) is 24.9 Å². The lowest BCUT2D eigenvalue weighted by Crippen LogP contribution is -2.58. The van der Waals surface area contributed by atoms with Gasteiger partial charge in [0, 0.05) is 27.3 Å². The van der Waals surface area contributed by atoms with Crippen molar-refractivity contribution in [2.24, 2.45) is 11.8 Å². The third-order valence-corrected chi connectivity index (χ3v) is 12.4. The van der Waals surface area contributed by atoms with E-state index in [0.717, 1.165) is 18.4 Å². The molecule has 3 aliphatic heterocycles. The zero-order valence-electron chi connectivity index (χ0n) is 24.5. The highest BCUT2D eigenvalue weighted by molar-refractivity contribution is 9.09. The van der Waals surface area contributed by atoms with Crippen molar-refractivity contribution < 1.29 is 24.2 Å². The molecule has 2 aromatic rings. The van der Waals surface area contributed by atoms with E-state index in [1.807, 2.05) is 36.4 Å². The van der Waals surface area contributed by atoms with Gasteiger partial charge < -0.3 is 19.6 Å². The highest BCUT2D eigenvalue weighted by Gasteiger charge is 2.76. The SMILES string of the molecule is C=CCCCCOC(=O)[C@H]1[C@@H]2SC3(CC2Br)C(C(=O)N(CC=C)c2ccc(Cl)cc2)N([C@@H](CO)Cc2ccccc2)C(=O)[C@H]13. The Hall–Kier alpha value is -2.59. The molecule has 3 unspecified atom stereocenters. The Balaban J connectivity index is 1.55. The molecule has 7 nitrogen and oxygen atoms in total. The number of aliphatic hydroxyl groups excluding tert-OH is 1. The molecule has 0 radical (unpaired) electrons. The van der Waals surface area contributed by atoms with Crippen molar-refractivity contribution in [2.75, 3.05) is 24.7 Å². The number of rotatable bonds is 14. The fraction of sp³-hybridized carbons (Fsp3) is 0.441. The van der Waals surface area contributed by atoms with Crippen molar-refractivity contribution in [1.29, 1.82) is 0 Å². The summed E-state index contributed by atoms with van der Waals surface area (Å²) in [6.07, 6.45) is 6.78. The van der Waals surface area contributed by atoms with E-state index in [2.05, 4.69) is 29.1 Å². The number of hydrogen-bond donors (Lipinski definition) is 1. The van der Waals surface area contributed by atoms with Crippen LogP contribution in [0.4, 0.5) is 5.69 Å². The van der Waals surface area contributed by atoms with Crippen LogP contribution in [0, 0.1) is 11.8 Å². The van der Waals surface area contributed by atoms with E-state index >= 15 is 0 Å². The number of allylic oxidation sites excluding steroid dienone is 1. The molecule has 5 rings (SSSR count). The second kappa shape index (κ2) is 14.2. The monoisotopic (exact) mass is 700 g/mol. The molecule has 234 valence electrons. The average molecular weight is 702 g/mol. The smallest absolute Gasteiger partial charge is 0.310 e. The van der Waals surface area contributed by atoms with E-state index in [1.165, 1.54) is 0 Å².